The Balaban J connectivity index is 2.49. The first kappa shape index (κ1) is 10.8. The highest BCUT2D eigenvalue weighted by Crippen LogP contribution is 2.19. The Hall–Kier alpha value is -0.310. The molecule has 1 fully saturated rings. The van der Waals surface area contributed by atoms with Crippen LogP contribution in [0.5, 0.6) is 0 Å². The van der Waals surface area contributed by atoms with Gasteiger partial charge in [0.2, 0.25) is 5.91 Å². The summed E-state index contributed by atoms with van der Waals surface area (Å²) < 4.78 is 0. The van der Waals surface area contributed by atoms with E-state index in [-0.39, 0.29) is 10.7 Å². The Kier molecular flexibility index (Phi) is 3.97. The highest BCUT2D eigenvalue weighted by Gasteiger charge is 2.26. The molecule has 1 rings (SSSR count). The molecule has 74 valence electrons. The summed E-state index contributed by atoms with van der Waals surface area (Å²) >= 11 is 3.39. The zero-order chi connectivity index (χ0) is 9.84. The van der Waals surface area contributed by atoms with E-state index < -0.39 is 0 Å². The molecule has 1 unspecified atom stereocenters. The maximum atomic E-state index is 11.6. The first-order valence-electron chi connectivity index (χ1n) is 4.74. The van der Waals surface area contributed by atoms with E-state index in [1.165, 1.54) is 0 Å². The minimum atomic E-state index is 0.0332. The number of rotatable bonds is 3. The monoisotopic (exact) mass is 245 g/mol. The Morgan fingerprint density at radius 3 is 3.08 bits per heavy atom. The predicted molar refractivity (Wildman–Crippen MR) is 58.0 cm³/mol. The minimum Gasteiger partial charge on any atom is -0.338 e. The fourth-order valence-corrected chi connectivity index (χ4v) is 2.05. The molecule has 1 atom stereocenters. The lowest BCUT2D eigenvalue weighted by atomic mass is 10.1. The van der Waals surface area contributed by atoms with Gasteiger partial charge in [-0.25, -0.2) is 0 Å². The number of carbonyl (C=O) groups is 1. The molecule has 1 amide bonds. The topological polar surface area (TPSA) is 20.3 Å². The van der Waals surface area contributed by atoms with Crippen LogP contribution in [0.3, 0.4) is 0 Å². The molecule has 1 aliphatic heterocycles. The van der Waals surface area contributed by atoms with Crippen molar-refractivity contribution in [3.05, 3.63) is 12.2 Å². The van der Waals surface area contributed by atoms with E-state index in [4.69, 9.17) is 0 Å². The van der Waals surface area contributed by atoms with Gasteiger partial charge in [0.05, 0.1) is 4.83 Å². The summed E-state index contributed by atoms with van der Waals surface area (Å²) in [6.07, 6.45) is 3.02. The summed E-state index contributed by atoms with van der Waals surface area (Å²) in [6.45, 7) is 7.61. The van der Waals surface area contributed by atoms with Gasteiger partial charge in [-0.15, -0.1) is 0 Å². The lowest BCUT2D eigenvalue weighted by molar-refractivity contribution is -0.131. The summed E-state index contributed by atoms with van der Waals surface area (Å²) in [6, 6.07) is 0. The molecule has 0 radical (unpaired) electrons. The van der Waals surface area contributed by atoms with Gasteiger partial charge < -0.3 is 4.90 Å². The van der Waals surface area contributed by atoms with Gasteiger partial charge in [0.25, 0.3) is 0 Å². The predicted octanol–water partition coefficient (Wildman–Crippen LogP) is 2.34. The van der Waals surface area contributed by atoms with Crippen molar-refractivity contribution in [1.82, 2.24) is 4.90 Å². The number of piperidine rings is 1. The zero-order valence-electron chi connectivity index (χ0n) is 8.05. The summed E-state index contributed by atoms with van der Waals surface area (Å²) in [4.78, 5) is 13.5. The Bertz CT molecular complexity index is 215. The van der Waals surface area contributed by atoms with Gasteiger partial charge >= 0.3 is 0 Å². The van der Waals surface area contributed by atoms with Crippen molar-refractivity contribution in [3.8, 4) is 0 Å². The molecule has 13 heavy (non-hydrogen) atoms. The third-order valence-corrected chi connectivity index (χ3v) is 3.23. The number of halogens is 1. The van der Waals surface area contributed by atoms with E-state index in [0.717, 1.165) is 37.9 Å². The first-order valence-corrected chi connectivity index (χ1v) is 5.66. The van der Waals surface area contributed by atoms with Crippen LogP contribution in [0.25, 0.3) is 0 Å². The molecule has 1 heterocycles. The SMILES string of the molecule is C=C(CC)CN1CCCC(Br)C1=O. The molecule has 2 nitrogen and oxygen atoms in total. The molecular weight excluding hydrogens is 230 g/mol. The Labute approximate surface area is 88.1 Å². The second-order valence-corrected chi connectivity index (χ2v) is 4.58. The number of nitrogens with zero attached hydrogens (tertiary/aromatic N) is 1. The van der Waals surface area contributed by atoms with Crippen LogP contribution in [-0.2, 0) is 4.79 Å². The van der Waals surface area contributed by atoms with Crippen LogP contribution in [0, 0.1) is 0 Å². The fraction of sp³-hybridized carbons (Fsp3) is 0.700. The maximum absolute atomic E-state index is 11.6. The number of amides is 1. The minimum absolute atomic E-state index is 0.0332. The molecule has 0 aromatic heterocycles. The second-order valence-electron chi connectivity index (χ2n) is 3.47. The van der Waals surface area contributed by atoms with Crippen molar-refractivity contribution >= 4 is 21.8 Å². The smallest absolute Gasteiger partial charge is 0.236 e. The quantitative estimate of drug-likeness (QED) is 0.553. The van der Waals surface area contributed by atoms with E-state index in [0.29, 0.717) is 0 Å². The van der Waals surface area contributed by atoms with Crippen LogP contribution in [0.4, 0.5) is 0 Å². The molecule has 3 heteroatoms. The van der Waals surface area contributed by atoms with Gasteiger partial charge in [-0.3, -0.25) is 4.79 Å². The average Bonchev–Trinajstić information content (AvgIpc) is 2.13. The van der Waals surface area contributed by atoms with Gasteiger partial charge in [-0.1, -0.05) is 35.0 Å². The van der Waals surface area contributed by atoms with E-state index >= 15 is 0 Å². The standard InChI is InChI=1S/C10H16BrNO/c1-3-8(2)7-12-6-4-5-9(11)10(12)13/h9H,2-7H2,1H3. The lowest BCUT2D eigenvalue weighted by Gasteiger charge is -2.30. The normalized spacial score (nSPS) is 23.4. The second kappa shape index (κ2) is 4.80. The molecular formula is C10H16BrNO. The van der Waals surface area contributed by atoms with Crippen LogP contribution in [-0.4, -0.2) is 28.7 Å². The Morgan fingerprint density at radius 2 is 2.46 bits per heavy atom. The van der Waals surface area contributed by atoms with Crippen molar-refractivity contribution in [3.63, 3.8) is 0 Å². The molecule has 0 N–H and O–H groups in total. The van der Waals surface area contributed by atoms with Crippen molar-refractivity contribution in [2.24, 2.45) is 0 Å². The number of hydrogen-bond acceptors (Lipinski definition) is 1. The van der Waals surface area contributed by atoms with Crippen molar-refractivity contribution in [1.29, 1.82) is 0 Å². The highest BCUT2D eigenvalue weighted by atomic mass is 79.9. The van der Waals surface area contributed by atoms with Crippen LogP contribution in [0.1, 0.15) is 26.2 Å². The molecule has 0 aromatic carbocycles. The Morgan fingerprint density at radius 1 is 1.77 bits per heavy atom. The number of hydrogen-bond donors (Lipinski definition) is 0. The van der Waals surface area contributed by atoms with Crippen LogP contribution >= 0.6 is 15.9 Å². The van der Waals surface area contributed by atoms with E-state index in [1.807, 2.05) is 4.90 Å². The number of carbonyl (C=O) groups excluding carboxylic acids is 1. The molecule has 0 aliphatic carbocycles. The largest absolute Gasteiger partial charge is 0.338 e. The summed E-state index contributed by atoms with van der Waals surface area (Å²) in [5.41, 5.74) is 1.13. The van der Waals surface area contributed by atoms with Crippen LogP contribution in [0.2, 0.25) is 0 Å². The van der Waals surface area contributed by atoms with Crippen LogP contribution in [0.15, 0.2) is 12.2 Å². The van der Waals surface area contributed by atoms with Gasteiger partial charge in [0.15, 0.2) is 0 Å². The lowest BCUT2D eigenvalue weighted by Crippen LogP contribution is -2.42. The highest BCUT2D eigenvalue weighted by molar-refractivity contribution is 9.10. The van der Waals surface area contributed by atoms with Crippen molar-refractivity contribution in [2.75, 3.05) is 13.1 Å². The maximum Gasteiger partial charge on any atom is 0.236 e. The first-order chi connectivity index (χ1) is 6.15. The molecule has 0 aromatic rings. The number of likely N-dealkylation sites (tertiary alicyclic amines) is 1. The van der Waals surface area contributed by atoms with Gasteiger partial charge in [0, 0.05) is 13.1 Å². The van der Waals surface area contributed by atoms with Crippen molar-refractivity contribution in [2.45, 2.75) is 31.0 Å². The molecule has 1 saturated heterocycles. The molecule has 0 saturated carbocycles. The number of alkyl halides is 1. The van der Waals surface area contributed by atoms with E-state index in [9.17, 15) is 4.79 Å². The van der Waals surface area contributed by atoms with E-state index in [1.54, 1.807) is 0 Å². The third-order valence-electron chi connectivity index (χ3n) is 2.38. The average molecular weight is 246 g/mol. The summed E-state index contributed by atoms with van der Waals surface area (Å²) in [7, 11) is 0. The molecule has 1 aliphatic rings. The van der Waals surface area contributed by atoms with Crippen LogP contribution < -0.4 is 0 Å². The third kappa shape index (κ3) is 2.83. The fourth-order valence-electron chi connectivity index (χ4n) is 1.43. The molecule has 0 spiro atoms. The summed E-state index contributed by atoms with van der Waals surface area (Å²) in [5.74, 6) is 0.223. The van der Waals surface area contributed by atoms with Gasteiger partial charge in [-0.05, 0) is 19.3 Å². The molecule has 0 bridgehead atoms. The van der Waals surface area contributed by atoms with Crippen molar-refractivity contribution < 1.29 is 4.79 Å². The summed E-state index contributed by atoms with van der Waals surface area (Å²) in [5, 5.41) is 0. The zero-order valence-corrected chi connectivity index (χ0v) is 9.64. The van der Waals surface area contributed by atoms with E-state index in [2.05, 4.69) is 29.4 Å². The van der Waals surface area contributed by atoms with Gasteiger partial charge in [-0.2, -0.15) is 0 Å². The van der Waals surface area contributed by atoms with Gasteiger partial charge in [0.1, 0.15) is 0 Å².